The number of amidine groups is 1. The highest BCUT2D eigenvalue weighted by molar-refractivity contribution is 8.16. The minimum atomic E-state index is -0.531. The first-order valence-electron chi connectivity index (χ1n) is 13.1. The van der Waals surface area contributed by atoms with E-state index in [-0.39, 0.29) is 12.3 Å². The highest BCUT2D eigenvalue weighted by Crippen LogP contribution is 2.46. The fourth-order valence-electron chi connectivity index (χ4n) is 4.70. The molecule has 3 heterocycles. The molecule has 5 rings (SSSR count). The molecule has 1 atom stereocenters. The number of carbonyl (C=O) groups is 2. The van der Waals surface area contributed by atoms with Gasteiger partial charge in [0.15, 0.2) is 5.17 Å². The first-order chi connectivity index (χ1) is 19.6. The summed E-state index contributed by atoms with van der Waals surface area (Å²) in [7, 11) is 1.37. The number of methoxy groups -OCH3 is 1. The lowest BCUT2D eigenvalue weighted by molar-refractivity contribution is -0.136. The molecular formula is C31H30N4O4S. The van der Waals surface area contributed by atoms with Crippen LogP contribution in [0.5, 0.6) is 11.5 Å². The van der Waals surface area contributed by atoms with E-state index in [1.54, 1.807) is 6.20 Å². The monoisotopic (exact) mass is 554 g/mol. The van der Waals surface area contributed by atoms with Crippen LogP contribution in [0.1, 0.15) is 37.1 Å². The summed E-state index contributed by atoms with van der Waals surface area (Å²) in [4.78, 5) is 37.2. The molecule has 0 aliphatic carbocycles. The van der Waals surface area contributed by atoms with Gasteiger partial charge in [-0.25, -0.2) is 9.79 Å². The number of pyridine rings is 1. The molecule has 0 radical (unpaired) electrons. The van der Waals surface area contributed by atoms with Gasteiger partial charge in [-0.1, -0.05) is 55.1 Å². The van der Waals surface area contributed by atoms with E-state index >= 15 is 0 Å². The Morgan fingerprint density at radius 3 is 2.58 bits per heavy atom. The van der Waals surface area contributed by atoms with Crippen molar-refractivity contribution in [2.24, 2.45) is 4.99 Å². The first-order valence-corrected chi connectivity index (χ1v) is 14.0. The number of amides is 1. The Morgan fingerprint density at radius 2 is 1.82 bits per heavy atom. The number of aliphatic imine (C=N–C) groups is 1. The van der Waals surface area contributed by atoms with Crippen LogP contribution in [0, 0.1) is 0 Å². The molecule has 2 aromatic carbocycles. The van der Waals surface area contributed by atoms with Crippen molar-refractivity contribution in [1.29, 1.82) is 0 Å². The molecule has 2 aliphatic heterocycles. The summed E-state index contributed by atoms with van der Waals surface area (Å²) in [6, 6.07) is 22.4. The lowest BCUT2D eigenvalue weighted by Gasteiger charge is -2.36. The summed E-state index contributed by atoms with van der Waals surface area (Å²) >= 11 is 1.45. The standard InChI is InChI=1S/C31H30N4O4S/c1-3-26-28(30(37)38-2)29(21-10-9-14-25(18-21)39-24-12-5-4-6-13-24)35-23(20-40-31(35)34-26)19-27(36)33-17-15-22-11-7-8-16-32-22/h4-14,16,18,20,29H,3,15,17,19H2,1-2H3,(H,33,36)/t29-/m1/s1. The fraction of sp³-hybridized carbons (Fsp3) is 0.226. The Labute approximate surface area is 237 Å². The number of allylic oxidation sites excluding steroid dienone is 1. The van der Waals surface area contributed by atoms with E-state index in [4.69, 9.17) is 14.5 Å². The van der Waals surface area contributed by atoms with Crippen molar-refractivity contribution in [1.82, 2.24) is 15.2 Å². The largest absolute Gasteiger partial charge is 0.466 e. The average Bonchev–Trinajstić information content (AvgIpc) is 3.38. The molecule has 0 unspecified atom stereocenters. The number of thioether (sulfide) groups is 1. The SMILES string of the molecule is CCC1=C(C(=O)OC)[C@@H](c2cccc(Oc3ccccc3)c2)N2C(CC(=O)NCCc3ccccn3)=CSC2=N1. The molecule has 1 amide bonds. The molecule has 204 valence electrons. The van der Waals surface area contributed by atoms with Gasteiger partial charge < -0.3 is 19.7 Å². The first kappa shape index (κ1) is 27.2. The van der Waals surface area contributed by atoms with Gasteiger partial charge in [-0.15, -0.1) is 0 Å². The van der Waals surface area contributed by atoms with Crippen molar-refractivity contribution in [2.45, 2.75) is 32.2 Å². The van der Waals surface area contributed by atoms with Crippen molar-refractivity contribution in [3.63, 3.8) is 0 Å². The summed E-state index contributed by atoms with van der Waals surface area (Å²) in [5.41, 5.74) is 3.63. The summed E-state index contributed by atoms with van der Waals surface area (Å²) in [6.45, 7) is 2.44. The Balaban J connectivity index is 1.41. The maximum absolute atomic E-state index is 13.2. The van der Waals surface area contributed by atoms with E-state index in [2.05, 4.69) is 10.3 Å². The third-order valence-corrected chi connectivity index (χ3v) is 7.44. The van der Waals surface area contributed by atoms with Crippen molar-refractivity contribution < 1.29 is 19.1 Å². The van der Waals surface area contributed by atoms with Crippen molar-refractivity contribution in [2.75, 3.05) is 13.7 Å². The number of carbonyl (C=O) groups excluding carboxylic acids is 2. The van der Waals surface area contributed by atoms with Crippen LogP contribution >= 0.6 is 11.8 Å². The number of ether oxygens (including phenoxy) is 2. The molecule has 0 saturated carbocycles. The van der Waals surface area contributed by atoms with Crippen LogP contribution in [0.15, 0.2) is 106 Å². The van der Waals surface area contributed by atoms with Gasteiger partial charge >= 0.3 is 5.97 Å². The predicted octanol–water partition coefficient (Wildman–Crippen LogP) is 5.76. The zero-order valence-corrected chi connectivity index (χ0v) is 23.2. The third kappa shape index (κ3) is 6.10. The second-order valence-corrected chi connectivity index (χ2v) is 10.0. The number of benzene rings is 2. The molecule has 1 N–H and O–H groups in total. The lowest BCUT2D eigenvalue weighted by Crippen LogP contribution is -2.38. The Kier molecular flexibility index (Phi) is 8.61. The van der Waals surface area contributed by atoms with E-state index < -0.39 is 12.0 Å². The molecule has 2 aliphatic rings. The van der Waals surface area contributed by atoms with Gasteiger partial charge in [0, 0.05) is 30.6 Å². The highest BCUT2D eigenvalue weighted by Gasteiger charge is 2.41. The zero-order chi connectivity index (χ0) is 27.9. The maximum atomic E-state index is 13.2. The van der Waals surface area contributed by atoms with Crippen LogP contribution < -0.4 is 10.1 Å². The molecule has 0 spiro atoms. The van der Waals surface area contributed by atoms with Crippen LogP contribution in [0.3, 0.4) is 0 Å². The number of para-hydroxylation sites is 1. The number of esters is 1. The van der Waals surface area contributed by atoms with Crippen LogP contribution in [-0.2, 0) is 20.7 Å². The van der Waals surface area contributed by atoms with Crippen molar-refractivity contribution >= 4 is 28.8 Å². The highest BCUT2D eigenvalue weighted by atomic mass is 32.2. The maximum Gasteiger partial charge on any atom is 0.338 e. The average molecular weight is 555 g/mol. The number of hydrogen-bond donors (Lipinski definition) is 1. The quantitative estimate of drug-likeness (QED) is 0.319. The molecule has 0 saturated heterocycles. The third-order valence-electron chi connectivity index (χ3n) is 6.55. The number of nitrogens with zero attached hydrogens (tertiary/aromatic N) is 3. The van der Waals surface area contributed by atoms with E-state index in [0.717, 1.165) is 22.1 Å². The smallest absolute Gasteiger partial charge is 0.338 e. The van der Waals surface area contributed by atoms with E-state index in [1.165, 1.54) is 18.9 Å². The predicted molar refractivity (Wildman–Crippen MR) is 156 cm³/mol. The second-order valence-electron chi connectivity index (χ2n) is 9.18. The number of rotatable bonds is 10. The molecule has 8 nitrogen and oxygen atoms in total. The number of hydrogen-bond acceptors (Lipinski definition) is 8. The number of nitrogens with one attached hydrogen (secondary N) is 1. The number of aromatic nitrogens is 1. The van der Waals surface area contributed by atoms with Gasteiger partial charge in [-0.2, -0.15) is 0 Å². The molecule has 9 heteroatoms. The normalized spacial score (nSPS) is 16.1. The summed E-state index contributed by atoms with van der Waals surface area (Å²) in [6.07, 6.45) is 3.08. The van der Waals surface area contributed by atoms with Gasteiger partial charge in [0.25, 0.3) is 0 Å². The van der Waals surface area contributed by atoms with Crippen LogP contribution in [-0.4, -0.2) is 40.6 Å². The lowest BCUT2D eigenvalue weighted by atomic mass is 9.92. The molecular weight excluding hydrogens is 524 g/mol. The van der Waals surface area contributed by atoms with Crippen molar-refractivity contribution in [3.8, 4) is 11.5 Å². The van der Waals surface area contributed by atoms with Crippen molar-refractivity contribution in [3.05, 3.63) is 113 Å². The minimum absolute atomic E-state index is 0.117. The Hall–Kier alpha value is -4.37. The second kappa shape index (κ2) is 12.7. The topological polar surface area (TPSA) is 93.1 Å². The molecule has 1 aromatic heterocycles. The van der Waals surface area contributed by atoms with Crippen LogP contribution in [0.4, 0.5) is 0 Å². The number of fused-ring (bicyclic) bond motifs is 1. The van der Waals surface area contributed by atoms with Crippen LogP contribution in [0.2, 0.25) is 0 Å². The molecule has 0 fully saturated rings. The summed E-state index contributed by atoms with van der Waals surface area (Å²) < 4.78 is 11.3. The van der Waals surface area contributed by atoms with E-state index in [9.17, 15) is 9.59 Å². The van der Waals surface area contributed by atoms with E-state index in [0.29, 0.717) is 42.2 Å². The molecule has 0 bridgehead atoms. The summed E-state index contributed by atoms with van der Waals surface area (Å²) in [5, 5.41) is 5.65. The Bertz CT molecular complexity index is 1470. The van der Waals surface area contributed by atoms with E-state index in [1.807, 2.05) is 90.0 Å². The van der Waals surface area contributed by atoms with Crippen LogP contribution in [0.25, 0.3) is 0 Å². The van der Waals surface area contributed by atoms with Gasteiger partial charge in [-0.05, 0) is 53.8 Å². The Morgan fingerprint density at radius 1 is 1.02 bits per heavy atom. The zero-order valence-electron chi connectivity index (χ0n) is 22.4. The minimum Gasteiger partial charge on any atom is -0.466 e. The van der Waals surface area contributed by atoms with Gasteiger partial charge in [-0.3, -0.25) is 9.78 Å². The fourth-order valence-corrected chi connectivity index (χ4v) is 5.64. The van der Waals surface area contributed by atoms with Gasteiger partial charge in [0.05, 0.1) is 30.8 Å². The van der Waals surface area contributed by atoms with Gasteiger partial charge in [0.1, 0.15) is 11.5 Å². The molecule has 3 aromatic rings. The summed E-state index contributed by atoms with van der Waals surface area (Å²) in [5.74, 6) is 0.784. The van der Waals surface area contributed by atoms with Gasteiger partial charge in [0.2, 0.25) is 5.91 Å². The molecule has 40 heavy (non-hydrogen) atoms.